The summed E-state index contributed by atoms with van der Waals surface area (Å²) < 4.78 is 0. The molecule has 5 heteroatoms. The first kappa shape index (κ1) is 15.4. The van der Waals surface area contributed by atoms with Crippen molar-refractivity contribution >= 4 is 12.0 Å². The van der Waals surface area contributed by atoms with Crippen molar-refractivity contribution in [2.45, 2.75) is 45.2 Å². The highest BCUT2D eigenvalue weighted by atomic mass is 16.4. The van der Waals surface area contributed by atoms with Gasteiger partial charge in [-0.25, -0.2) is 9.59 Å². The summed E-state index contributed by atoms with van der Waals surface area (Å²) in [4.78, 5) is 25.0. The van der Waals surface area contributed by atoms with Crippen molar-refractivity contribution in [3.8, 4) is 0 Å². The van der Waals surface area contributed by atoms with Gasteiger partial charge in [0.2, 0.25) is 0 Å². The van der Waals surface area contributed by atoms with Gasteiger partial charge in [0.1, 0.15) is 6.04 Å². The maximum absolute atomic E-state index is 12.3. The number of hydrogen-bond acceptors (Lipinski definition) is 2. The van der Waals surface area contributed by atoms with Crippen molar-refractivity contribution in [3.05, 3.63) is 35.4 Å². The average molecular weight is 290 g/mol. The lowest BCUT2D eigenvalue weighted by Crippen LogP contribution is -2.49. The molecule has 0 radical (unpaired) electrons. The van der Waals surface area contributed by atoms with Crippen LogP contribution in [0.25, 0.3) is 0 Å². The highest BCUT2D eigenvalue weighted by Gasteiger charge is 2.30. The Kier molecular flexibility index (Phi) is 5.20. The zero-order chi connectivity index (χ0) is 15.2. The fraction of sp³-hybridized carbons (Fsp3) is 0.500. The van der Waals surface area contributed by atoms with Gasteiger partial charge < -0.3 is 15.3 Å². The first-order chi connectivity index (χ1) is 10.1. The maximum atomic E-state index is 12.3. The summed E-state index contributed by atoms with van der Waals surface area (Å²) in [6, 6.07) is 6.93. The first-order valence-corrected chi connectivity index (χ1v) is 7.41. The van der Waals surface area contributed by atoms with Gasteiger partial charge in [-0.15, -0.1) is 0 Å². The molecule has 1 aliphatic rings. The number of hydrogen-bond donors (Lipinski definition) is 2. The Morgan fingerprint density at radius 1 is 1.24 bits per heavy atom. The summed E-state index contributed by atoms with van der Waals surface area (Å²) in [5.74, 6) is -0.914. The molecule has 2 N–H and O–H groups in total. The molecular weight excluding hydrogens is 268 g/mol. The molecule has 0 aliphatic carbocycles. The number of benzene rings is 1. The summed E-state index contributed by atoms with van der Waals surface area (Å²) in [7, 11) is 0. The van der Waals surface area contributed by atoms with Gasteiger partial charge in [-0.2, -0.15) is 0 Å². The number of aryl methyl sites for hydroxylation is 1. The summed E-state index contributed by atoms with van der Waals surface area (Å²) in [6.45, 7) is 2.94. The van der Waals surface area contributed by atoms with Crippen molar-refractivity contribution in [2.75, 3.05) is 6.54 Å². The SMILES string of the molecule is Cc1ccc(CNC(=O)N2CCCCCC2C(=O)O)cc1. The van der Waals surface area contributed by atoms with Crippen LogP contribution in [0, 0.1) is 6.92 Å². The molecule has 1 aromatic rings. The Morgan fingerprint density at radius 3 is 2.62 bits per heavy atom. The molecule has 0 saturated carbocycles. The summed E-state index contributed by atoms with van der Waals surface area (Å²) in [5, 5.41) is 12.1. The molecule has 114 valence electrons. The lowest BCUT2D eigenvalue weighted by molar-refractivity contribution is -0.142. The van der Waals surface area contributed by atoms with Crippen molar-refractivity contribution < 1.29 is 14.7 Å². The number of amides is 2. The topological polar surface area (TPSA) is 69.6 Å². The fourth-order valence-electron chi connectivity index (χ4n) is 2.59. The Bertz CT molecular complexity index is 499. The lowest BCUT2D eigenvalue weighted by Gasteiger charge is -2.27. The number of carboxylic acids is 1. The number of nitrogens with one attached hydrogen (secondary N) is 1. The second-order valence-electron chi connectivity index (χ2n) is 5.54. The molecule has 1 fully saturated rings. The van der Waals surface area contributed by atoms with Crippen molar-refractivity contribution in [1.82, 2.24) is 10.2 Å². The average Bonchev–Trinajstić information content (AvgIpc) is 2.72. The van der Waals surface area contributed by atoms with Gasteiger partial charge in [-0.3, -0.25) is 0 Å². The number of rotatable bonds is 3. The molecule has 0 spiro atoms. The van der Waals surface area contributed by atoms with E-state index in [1.807, 2.05) is 31.2 Å². The van der Waals surface area contributed by atoms with E-state index in [-0.39, 0.29) is 6.03 Å². The molecule has 1 atom stereocenters. The molecule has 2 amide bonds. The molecule has 5 nitrogen and oxygen atoms in total. The predicted octanol–water partition coefficient (Wildman–Crippen LogP) is 2.53. The zero-order valence-corrected chi connectivity index (χ0v) is 12.3. The van der Waals surface area contributed by atoms with Crippen LogP contribution in [0.4, 0.5) is 4.79 Å². The number of likely N-dealkylation sites (tertiary alicyclic amines) is 1. The standard InChI is InChI=1S/C16H22N2O3/c1-12-6-8-13(9-7-12)11-17-16(21)18-10-4-2-3-5-14(18)15(19)20/h6-9,14H,2-5,10-11H2,1H3,(H,17,21)(H,19,20). The van der Waals surface area contributed by atoms with E-state index in [4.69, 9.17) is 0 Å². The van der Waals surface area contributed by atoms with Crippen LogP contribution in [-0.2, 0) is 11.3 Å². The quantitative estimate of drug-likeness (QED) is 0.898. The molecule has 2 rings (SSSR count). The van der Waals surface area contributed by atoms with E-state index in [1.54, 1.807) is 0 Å². The third-order valence-corrected chi connectivity index (χ3v) is 3.86. The van der Waals surface area contributed by atoms with Crippen LogP contribution in [0.15, 0.2) is 24.3 Å². The van der Waals surface area contributed by atoms with E-state index in [2.05, 4.69) is 5.32 Å². The predicted molar refractivity (Wildman–Crippen MR) is 80.0 cm³/mol. The van der Waals surface area contributed by atoms with Gasteiger partial charge in [-0.05, 0) is 25.3 Å². The molecule has 1 aromatic carbocycles. The van der Waals surface area contributed by atoms with E-state index in [9.17, 15) is 14.7 Å². The molecule has 21 heavy (non-hydrogen) atoms. The Balaban J connectivity index is 1.96. The largest absolute Gasteiger partial charge is 0.480 e. The van der Waals surface area contributed by atoms with E-state index in [0.717, 1.165) is 24.8 Å². The van der Waals surface area contributed by atoms with E-state index in [0.29, 0.717) is 19.5 Å². The number of urea groups is 1. The fourth-order valence-corrected chi connectivity index (χ4v) is 2.59. The van der Waals surface area contributed by atoms with Crippen LogP contribution >= 0.6 is 0 Å². The minimum absolute atomic E-state index is 0.287. The molecular formula is C16H22N2O3. The van der Waals surface area contributed by atoms with Crippen LogP contribution in [0.5, 0.6) is 0 Å². The van der Waals surface area contributed by atoms with Crippen LogP contribution in [0.1, 0.15) is 36.8 Å². The normalized spacial score (nSPS) is 18.9. The van der Waals surface area contributed by atoms with Crippen LogP contribution in [-0.4, -0.2) is 34.6 Å². The van der Waals surface area contributed by atoms with Gasteiger partial charge in [0.25, 0.3) is 0 Å². The molecule has 1 heterocycles. The Labute approximate surface area is 125 Å². The molecule has 1 aliphatic heterocycles. The van der Waals surface area contributed by atoms with Crippen LogP contribution < -0.4 is 5.32 Å². The monoisotopic (exact) mass is 290 g/mol. The number of carboxylic acid groups (broad SMARTS) is 1. The maximum Gasteiger partial charge on any atom is 0.326 e. The third-order valence-electron chi connectivity index (χ3n) is 3.86. The van der Waals surface area contributed by atoms with Crippen molar-refractivity contribution in [2.24, 2.45) is 0 Å². The van der Waals surface area contributed by atoms with Gasteiger partial charge in [-0.1, -0.05) is 42.7 Å². The Morgan fingerprint density at radius 2 is 1.95 bits per heavy atom. The van der Waals surface area contributed by atoms with Gasteiger partial charge in [0, 0.05) is 13.1 Å². The highest BCUT2D eigenvalue weighted by Crippen LogP contribution is 2.17. The number of aliphatic carboxylic acids is 1. The lowest BCUT2D eigenvalue weighted by atomic mass is 10.1. The van der Waals surface area contributed by atoms with Gasteiger partial charge >= 0.3 is 12.0 Å². The van der Waals surface area contributed by atoms with Gasteiger partial charge in [0.05, 0.1) is 0 Å². The molecule has 0 aromatic heterocycles. The van der Waals surface area contributed by atoms with E-state index >= 15 is 0 Å². The number of carbonyl (C=O) groups is 2. The molecule has 1 saturated heterocycles. The third kappa shape index (κ3) is 4.21. The zero-order valence-electron chi connectivity index (χ0n) is 12.3. The Hall–Kier alpha value is -2.04. The summed E-state index contributed by atoms with van der Waals surface area (Å²) in [6.07, 6.45) is 3.24. The number of nitrogens with zero attached hydrogens (tertiary/aromatic N) is 1. The van der Waals surface area contributed by atoms with Crippen LogP contribution in [0.2, 0.25) is 0 Å². The molecule has 1 unspecified atom stereocenters. The van der Waals surface area contributed by atoms with Crippen molar-refractivity contribution in [1.29, 1.82) is 0 Å². The second-order valence-corrected chi connectivity index (χ2v) is 5.54. The minimum Gasteiger partial charge on any atom is -0.480 e. The van der Waals surface area contributed by atoms with Crippen molar-refractivity contribution in [3.63, 3.8) is 0 Å². The van der Waals surface area contributed by atoms with E-state index < -0.39 is 12.0 Å². The minimum atomic E-state index is -0.914. The highest BCUT2D eigenvalue weighted by molar-refractivity contribution is 5.82. The second kappa shape index (κ2) is 7.11. The first-order valence-electron chi connectivity index (χ1n) is 7.41. The smallest absolute Gasteiger partial charge is 0.326 e. The summed E-state index contributed by atoms with van der Waals surface area (Å²) >= 11 is 0. The number of carbonyl (C=O) groups excluding carboxylic acids is 1. The van der Waals surface area contributed by atoms with E-state index in [1.165, 1.54) is 10.5 Å². The molecule has 0 bridgehead atoms. The summed E-state index contributed by atoms with van der Waals surface area (Å²) in [5.41, 5.74) is 2.18. The van der Waals surface area contributed by atoms with Gasteiger partial charge in [0.15, 0.2) is 0 Å². The van der Waals surface area contributed by atoms with Crippen LogP contribution in [0.3, 0.4) is 0 Å².